The minimum Gasteiger partial charge on any atom is -0.393 e. The van der Waals surface area contributed by atoms with Crippen molar-refractivity contribution < 1.29 is 9.84 Å². The maximum Gasteiger partial charge on any atom is 0.0572 e. The van der Waals surface area contributed by atoms with Crippen LogP contribution in [0.5, 0.6) is 0 Å². The van der Waals surface area contributed by atoms with Crippen LogP contribution < -0.4 is 5.32 Å². The summed E-state index contributed by atoms with van der Waals surface area (Å²) in [6.07, 6.45) is 5.49. The molecule has 0 aromatic rings. The van der Waals surface area contributed by atoms with Gasteiger partial charge >= 0.3 is 0 Å². The molecule has 2 heterocycles. The summed E-state index contributed by atoms with van der Waals surface area (Å²) in [6, 6.07) is 0. The van der Waals surface area contributed by atoms with Crippen LogP contribution in [0.3, 0.4) is 0 Å². The lowest BCUT2D eigenvalue weighted by atomic mass is 9.84. The van der Waals surface area contributed by atoms with Crippen molar-refractivity contribution in [2.24, 2.45) is 11.8 Å². The van der Waals surface area contributed by atoms with Crippen molar-refractivity contribution in [3.63, 3.8) is 0 Å². The van der Waals surface area contributed by atoms with Gasteiger partial charge in [-0.05, 0) is 57.0 Å². The molecule has 88 valence electrons. The normalized spacial score (nSPS) is 27.8. The van der Waals surface area contributed by atoms with Crippen LogP contribution >= 0.6 is 0 Å². The molecule has 0 radical (unpaired) electrons. The van der Waals surface area contributed by atoms with E-state index in [0.717, 1.165) is 58.4 Å². The Balaban J connectivity index is 1.72. The van der Waals surface area contributed by atoms with E-state index in [9.17, 15) is 5.11 Å². The Kier molecular flexibility index (Phi) is 4.42. The molecule has 15 heavy (non-hydrogen) atoms. The molecule has 0 amide bonds. The van der Waals surface area contributed by atoms with E-state index in [4.69, 9.17) is 4.74 Å². The van der Waals surface area contributed by atoms with Crippen molar-refractivity contribution in [2.45, 2.75) is 38.2 Å². The van der Waals surface area contributed by atoms with E-state index in [2.05, 4.69) is 5.32 Å². The molecular weight excluding hydrogens is 190 g/mol. The number of aliphatic hydroxyl groups excluding tert-OH is 1. The first-order valence-corrected chi connectivity index (χ1v) is 6.33. The predicted octanol–water partition coefficient (Wildman–Crippen LogP) is 1.16. The number of rotatable bonds is 3. The average molecular weight is 213 g/mol. The highest BCUT2D eigenvalue weighted by Crippen LogP contribution is 2.26. The smallest absolute Gasteiger partial charge is 0.0572 e. The highest BCUT2D eigenvalue weighted by molar-refractivity contribution is 4.78. The first-order chi connectivity index (χ1) is 7.36. The molecule has 2 N–H and O–H groups in total. The fraction of sp³-hybridized carbons (Fsp3) is 1.00. The van der Waals surface area contributed by atoms with Crippen molar-refractivity contribution in [2.75, 3.05) is 26.3 Å². The summed E-state index contributed by atoms with van der Waals surface area (Å²) in [7, 11) is 0. The molecule has 2 aliphatic heterocycles. The number of nitrogens with one attached hydrogen (secondary N) is 1. The second-order valence-electron chi connectivity index (χ2n) is 4.95. The molecule has 3 heteroatoms. The van der Waals surface area contributed by atoms with Crippen LogP contribution in [0.15, 0.2) is 0 Å². The monoisotopic (exact) mass is 213 g/mol. The quantitative estimate of drug-likeness (QED) is 0.739. The lowest BCUT2D eigenvalue weighted by Crippen LogP contribution is -2.35. The highest BCUT2D eigenvalue weighted by atomic mass is 16.5. The average Bonchev–Trinajstić information content (AvgIpc) is 2.31. The number of aliphatic hydroxyl groups is 1. The zero-order valence-corrected chi connectivity index (χ0v) is 9.45. The van der Waals surface area contributed by atoms with Gasteiger partial charge in [0.1, 0.15) is 0 Å². The van der Waals surface area contributed by atoms with Gasteiger partial charge in [0.2, 0.25) is 0 Å². The second-order valence-corrected chi connectivity index (χ2v) is 4.95. The number of ether oxygens (including phenoxy) is 1. The summed E-state index contributed by atoms with van der Waals surface area (Å²) in [5.41, 5.74) is 0. The summed E-state index contributed by atoms with van der Waals surface area (Å²) >= 11 is 0. The Morgan fingerprint density at radius 3 is 2.47 bits per heavy atom. The van der Waals surface area contributed by atoms with Crippen LogP contribution in [-0.4, -0.2) is 37.5 Å². The van der Waals surface area contributed by atoms with E-state index in [-0.39, 0.29) is 6.10 Å². The van der Waals surface area contributed by atoms with Gasteiger partial charge < -0.3 is 15.2 Å². The Hall–Kier alpha value is -0.120. The molecule has 1 unspecified atom stereocenters. The summed E-state index contributed by atoms with van der Waals surface area (Å²) < 4.78 is 5.34. The van der Waals surface area contributed by atoms with Crippen LogP contribution in [0.1, 0.15) is 32.1 Å². The molecule has 1 atom stereocenters. The molecule has 2 rings (SSSR count). The first-order valence-electron chi connectivity index (χ1n) is 6.33. The van der Waals surface area contributed by atoms with Gasteiger partial charge in [-0.2, -0.15) is 0 Å². The third-order valence-corrected chi connectivity index (χ3v) is 3.84. The maximum atomic E-state index is 10.2. The van der Waals surface area contributed by atoms with Crippen molar-refractivity contribution in [3.05, 3.63) is 0 Å². The van der Waals surface area contributed by atoms with Crippen LogP contribution in [-0.2, 0) is 4.74 Å². The predicted molar refractivity (Wildman–Crippen MR) is 59.8 cm³/mol. The molecule has 2 aliphatic rings. The molecule has 0 aromatic heterocycles. The van der Waals surface area contributed by atoms with E-state index in [1.54, 1.807) is 0 Å². The minimum atomic E-state index is -0.0739. The number of hydrogen-bond acceptors (Lipinski definition) is 3. The van der Waals surface area contributed by atoms with Crippen LogP contribution in [0.4, 0.5) is 0 Å². The molecule has 2 saturated heterocycles. The summed E-state index contributed by atoms with van der Waals surface area (Å²) in [4.78, 5) is 0. The number of piperidine rings is 1. The van der Waals surface area contributed by atoms with Gasteiger partial charge in [0.15, 0.2) is 0 Å². The van der Waals surface area contributed by atoms with Crippen LogP contribution in [0.25, 0.3) is 0 Å². The largest absolute Gasteiger partial charge is 0.393 e. The van der Waals surface area contributed by atoms with E-state index >= 15 is 0 Å². The third-order valence-electron chi connectivity index (χ3n) is 3.84. The lowest BCUT2D eigenvalue weighted by Gasteiger charge is -2.31. The molecular formula is C12H23NO2. The van der Waals surface area contributed by atoms with Crippen LogP contribution in [0, 0.1) is 11.8 Å². The third kappa shape index (κ3) is 3.44. The van der Waals surface area contributed by atoms with E-state index < -0.39 is 0 Å². The second kappa shape index (κ2) is 5.83. The van der Waals surface area contributed by atoms with Crippen molar-refractivity contribution in [3.8, 4) is 0 Å². The first kappa shape index (κ1) is 11.4. The SMILES string of the molecule is OC(CC1CCOCC1)C1CCNCC1. The molecule has 0 bridgehead atoms. The summed E-state index contributed by atoms with van der Waals surface area (Å²) in [5, 5.41) is 13.5. The van der Waals surface area contributed by atoms with Crippen LogP contribution in [0.2, 0.25) is 0 Å². The van der Waals surface area contributed by atoms with Gasteiger partial charge in [0, 0.05) is 13.2 Å². The molecule has 3 nitrogen and oxygen atoms in total. The van der Waals surface area contributed by atoms with E-state index in [0.29, 0.717) is 11.8 Å². The zero-order chi connectivity index (χ0) is 10.5. The summed E-state index contributed by atoms with van der Waals surface area (Å²) in [6.45, 7) is 3.94. The highest BCUT2D eigenvalue weighted by Gasteiger charge is 2.25. The Morgan fingerprint density at radius 2 is 1.80 bits per heavy atom. The van der Waals surface area contributed by atoms with Gasteiger partial charge in [-0.1, -0.05) is 0 Å². The molecule has 0 aromatic carbocycles. The van der Waals surface area contributed by atoms with Crippen molar-refractivity contribution in [1.29, 1.82) is 0 Å². The zero-order valence-electron chi connectivity index (χ0n) is 9.45. The maximum absolute atomic E-state index is 10.2. The molecule has 0 saturated carbocycles. The van der Waals surface area contributed by atoms with Gasteiger partial charge in [-0.25, -0.2) is 0 Å². The minimum absolute atomic E-state index is 0.0739. The standard InChI is InChI=1S/C12H23NO2/c14-12(11-1-5-13-6-2-11)9-10-3-7-15-8-4-10/h10-14H,1-9H2. The Bertz CT molecular complexity index is 174. The lowest BCUT2D eigenvalue weighted by molar-refractivity contribution is 0.0217. The Labute approximate surface area is 92.2 Å². The van der Waals surface area contributed by atoms with E-state index in [1.807, 2.05) is 0 Å². The number of hydrogen-bond donors (Lipinski definition) is 2. The van der Waals surface area contributed by atoms with Gasteiger partial charge in [0.05, 0.1) is 6.10 Å². The Morgan fingerprint density at radius 1 is 1.13 bits per heavy atom. The molecule has 0 spiro atoms. The van der Waals surface area contributed by atoms with Gasteiger partial charge in [0.25, 0.3) is 0 Å². The fourth-order valence-electron chi connectivity index (χ4n) is 2.75. The molecule has 0 aliphatic carbocycles. The van der Waals surface area contributed by atoms with Crippen molar-refractivity contribution >= 4 is 0 Å². The fourth-order valence-corrected chi connectivity index (χ4v) is 2.75. The van der Waals surface area contributed by atoms with Gasteiger partial charge in [-0.3, -0.25) is 0 Å². The van der Waals surface area contributed by atoms with Crippen molar-refractivity contribution in [1.82, 2.24) is 5.32 Å². The van der Waals surface area contributed by atoms with Gasteiger partial charge in [-0.15, -0.1) is 0 Å². The topological polar surface area (TPSA) is 41.5 Å². The van der Waals surface area contributed by atoms with E-state index in [1.165, 1.54) is 0 Å². The summed E-state index contributed by atoms with van der Waals surface area (Å²) in [5.74, 6) is 1.23. The molecule has 2 fully saturated rings.